The number of benzene rings is 1. The highest BCUT2D eigenvalue weighted by molar-refractivity contribution is 7.89. The second-order valence-electron chi connectivity index (χ2n) is 8.29. The number of pyridine rings is 1. The van der Waals surface area contributed by atoms with E-state index in [-0.39, 0.29) is 17.5 Å². The normalized spacial score (nSPS) is 31.4. The van der Waals surface area contributed by atoms with Crippen molar-refractivity contribution in [2.75, 3.05) is 6.61 Å². The number of fused-ring (bicyclic) bond motifs is 5. The number of sulfonamides is 1. The van der Waals surface area contributed by atoms with Crippen molar-refractivity contribution in [3.05, 3.63) is 54.0 Å². The highest BCUT2D eigenvalue weighted by atomic mass is 32.2. The molecule has 5 rings (SSSR count). The molecule has 1 saturated carbocycles. The third kappa shape index (κ3) is 2.52. The largest absolute Gasteiger partial charge is 0.477 e. The Morgan fingerprint density at radius 3 is 2.79 bits per heavy atom. The predicted molar refractivity (Wildman–Crippen MR) is 102 cm³/mol. The lowest BCUT2D eigenvalue weighted by Crippen LogP contribution is -2.52. The summed E-state index contributed by atoms with van der Waals surface area (Å²) in [6.45, 7) is 2.34. The summed E-state index contributed by atoms with van der Waals surface area (Å²) in [4.78, 5) is 4.35. The highest BCUT2D eigenvalue weighted by Gasteiger charge is 2.69. The Labute approximate surface area is 164 Å². The second-order valence-corrected chi connectivity index (χ2v) is 10.1. The molecule has 2 aliphatic heterocycles. The number of hydrogen-bond acceptors (Lipinski definition) is 4. The number of aromatic nitrogens is 1. The number of halogens is 1. The molecule has 7 heteroatoms. The van der Waals surface area contributed by atoms with Crippen molar-refractivity contribution < 1.29 is 17.5 Å². The van der Waals surface area contributed by atoms with Crippen LogP contribution in [0, 0.1) is 24.1 Å². The summed E-state index contributed by atoms with van der Waals surface area (Å²) in [5, 5.41) is 0. The summed E-state index contributed by atoms with van der Waals surface area (Å²) >= 11 is 0. The van der Waals surface area contributed by atoms with Gasteiger partial charge in [0.1, 0.15) is 5.82 Å². The van der Waals surface area contributed by atoms with E-state index in [1.807, 2.05) is 13.0 Å². The lowest BCUT2D eigenvalue weighted by Gasteiger charge is -2.50. The summed E-state index contributed by atoms with van der Waals surface area (Å²) < 4.78 is 47.7. The van der Waals surface area contributed by atoms with Crippen LogP contribution in [-0.2, 0) is 10.0 Å². The first kappa shape index (κ1) is 18.1. The molecule has 0 spiro atoms. The number of aryl methyl sites for hydroxylation is 1. The molecule has 1 aromatic carbocycles. The molecule has 0 radical (unpaired) electrons. The van der Waals surface area contributed by atoms with Gasteiger partial charge in [0.2, 0.25) is 15.9 Å². The fraction of sp³-hybridized carbons (Fsp3) is 0.476. The molecule has 1 aliphatic carbocycles. The van der Waals surface area contributed by atoms with Gasteiger partial charge in [-0.2, -0.15) is 4.31 Å². The molecule has 3 aliphatic rings. The number of rotatable bonds is 5. The molecule has 2 aromatic rings. The van der Waals surface area contributed by atoms with Crippen molar-refractivity contribution in [1.29, 1.82) is 0 Å². The van der Waals surface area contributed by atoms with Gasteiger partial charge in [0.15, 0.2) is 0 Å². The van der Waals surface area contributed by atoms with Crippen molar-refractivity contribution in [2.24, 2.45) is 11.3 Å². The first-order valence-electron chi connectivity index (χ1n) is 9.76. The summed E-state index contributed by atoms with van der Waals surface area (Å²) in [6.07, 6.45) is 4.91. The van der Waals surface area contributed by atoms with E-state index in [9.17, 15) is 12.8 Å². The van der Waals surface area contributed by atoms with Crippen molar-refractivity contribution >= 4 is 10.0 Å². The maximum Gasteiger partial charge on any atom is 0.243 e. The standard InChI is InChI=1S/C21H23FN2O3S/c1-14-3-2-4-16(11-14)28(25,26)24-18-6-7-19(24)21(10-9-17(18)21)13-27-20-8-5-15(22)12-23-20/h2-5,8,11-12,17-19H,6-7,9-10,13H2,1H3/t17-,18?,19?,21?/m0/s1. The molecule has 2 saturated heterocycles. The quantitative estimate of drug-likeness (QED) is 0.768. The van der Waals surface area contributed by atoms with Crippen LogP contribution in [0.1, 0.15) is 31.2 Å². The van der Waals surface area contributed by atoms with Gasteiger partial charge in [0, 0.05) is 23.6 Å². The van der Waals surface area contributed by atoms with E-state index in [0.717, 1.165) is 37.4 Å². The van der Waals surface area contributed by atoms with Crippen molar-refractivity contribution in [1.82, 2.24) is 9.29 Å². The van der Waals surface area contributed by atoms with E-state index in [1.165, 1.54) is 12.1 Å². The smallest absolute Gasteiger partial charge is 0.243 e. The minimum atomic E-state index is -3.54. The topological polar surface area (TPSA) is 59.5 Å². The van der Waals surface area contributed by atoms with Crippen LogP contribution < -0.4 is 4.74 Å². The maximum atomic E-state index is 13.5. The first-order valence-corrected chi connectivity index (χ1v) is 11.2. The zero-order chi connectivity index (χ0) is 19.5. The van der Waals surface area contributed by atoms with Gasteiger partial charge in [-0.15, -0.1) is 0 Å². The van der Waals surface area contributed by atoms with Gasteiger partial charge < -0.3 is 4.74 Å². The molecular weight excluding hydrogens is 379 g/mol. The second kappa shape index (κ2) is 6.26. The van der Waals surface area contributed by atoms with E-state index >= 15 is 0 Å². The number of hydrogen-bond donors (Lipinski definition) is 0. The van der Waals surface area contributed by atoms with Crippen molar-refractivity contribution in [2.45, 2.75) is 49.6 Å². The van der Waals surface area contributed by atoms with E-state index in [0.29, 0.717) is 23.3 Å². The minimum absolute atomic E-state index is 0.0396. The molecule has 3 fully saturated rings. The molecule has 2 bridgehead atoms. The Hall–Kier alpha value is -1.99. The molecule has 3 unspecified atom stereocenters. The van der Waals surface area contributed by atoms with Gasteiger partial charge >= 0.3 is 0 Å². The van der Waals surface area contributed by atoms with Crippen LogP contribution >= 0.6 is 0 Å². The fourth-order valence-electron chi connectivity index (χ4n) is 5.58. The molecule has 3 heterocycles. The lowest BCUT2D eigenvalue weighted by molar-refractivity contribution is -0.0292. The Morgan fingerprint density at radius 1 is 1.25 bits per heavy atom. The molecule has 4 atom stereocenters. The third-order valence-corrected chi connectivity index (χ3v) is 8.84. The van der Waals surface area contributed by atoms with Crippen LogP contribution in [-0.4, -0.2) is 36.4 Å². The van der Waals surface area contributed by atoms with Crippen molar-refractivity contribution in [3.8, 4) is 5.88 Å². The van der Waals surface area contributed by atoms with E-state index in [2.05, 4.69) is 4.98 Å². The lowest BCUT2D eigenvalue weighted by atomic mass is 9.54. The predicted octanol–water partition coefficient (Wildman–Crippen LogP) is 3.54. The third-order valence-electron chi connectivity index (χ3n) is 6.91. The molecule has 5 nitrogen and oxygen atoms in total. The first-order chi connectivity index (χ1) is 13.4. The summed E-state index contributed by atoms with van der Waals surface area (Å²) in [6, 6.07) is 10.0. The Kier molecular flexibility index (Phi) is 4.04. The monoisotopic (exact) mass is 402 g/mol. The fourth-order valence-corrected chi connectivity index (χ4v) is 7.67. The van der Waals surface area contributed by atoms with E-state index in [4.69, 9.17) is 4.74 Å². The zero-order valence-electron chi connectivity index (χ0n) is 15.7. The van der Waals surface area contributed by atoms with Gasteiger partial charge in [0.25, 0.3) is 0 Å². The maximum absolute atomic E-state index is 13.5. The Bertz CT molecular complexity index is 1010. The molecule has 0 N–H and O–H groups in total. The van der Waals surface area contributed by atoms with Crippen LogP contribution in [0.5, 0.6) is 5.88 Å². The molecule has 0 amide bonds. The van der Waals surface area contributed by atoms with E-state index < -0.39 is 15.8 Å². The summed E-state index contributed by atoms with van der Waals surface area (Å²) in [5.41, 5.74) is 0.784. The van der Waals surface area contributed by atoms with Crippen LogP contribution in [0.4, 0.5) is 4.39 Å². The highest BCUT2D eigenvalue weighted by Crippen LogP contribution is 2.65. The van der Waals surface area contributed by atoms with E-state index in [1.54, 1.807) is 22.5 Å². The van der Waals surface area contributed by atoms with Crippen LogP contribution in [0.2, 0.25) is 0 Å². The minimum Gasteiger partial charge on any atom is -0.477 e. The van der Waals surface area contributed by atoms with Gasteiger partial charge in [-0.05, 0) is 62.3 Å². The Morgan fingerprint density at radius 2 is 2.11 bits per heavy atom. The summed E-state index contributed by atoms with van der Waals surface area (Å²) in [7, 11) is -3.54. The average molecular weight is 402 g/mol. The SMILES string of the molecule is Cc1cccc(S(=O)(=O)N2C3CCC2C2(COc4ccc(F)cn4)CC[C@@H]32)c1. The molecule has 148 valence electrons. The van der Waals surface area contributed by atoms with Gasteiger partial charge in [-0.25, -0.2) is 17.8 Å². The van der Waals surface area contributed by atoms with Crippen LogP contribution in [0.3, 0.4) is 0 Å². The summed E-state index contributed by atoms with van der Waals surface area (Å²) in [5.74, 6) is 0.311. The van der Waals surface area contributed by atoms with Crippen LogP contribution in [0.15, 0.2) is 47.5 Å². The van der Waals surface area contributed by atoms with Gasteiger partial charge in [-0.1, -0.05) is 12.1 Å². The van der Waals surface area contributed by atoms with Crippen LogP contribution in [0.25, 0.3) is 0 Å². The zero-order valence-corrected chi connectivity index (χ0v) is 16.5. The molecule has 28 heavy (non-hydrogen) atoms. The number of nitrogens with zero attached hydrogens (tertiary/aromatic N) is 2. The van der Waals surface area contributed by atoms with Crippen molar-refractivity contribution in [3.63, 3.8) is 0 Å². The average Bonchev–Trinajstić information content (AvgIpc) is 3.14. The van der Waals surface area contributed by atoms with Gasteiger partial charge in [0.05, 0.1) is 17.7 Å². The van der Waals surface area contributed by atoms with Gasteiger partial charge in [-0.3, -0.25) is 0 Å². The molecule has 1 aromatic heterocycles. The Balaban J connectivity index is 1.43. The molecular formula is C21H23FN2O3S. The number of ether oxygens (including phenoxy) is 1.